The van der Waals surface area contributed by atoms with E-state index in [0.29, 0.717) is 0 Å². The van der Waals surface area contributed by atoms with Crippen LogP contribution in [0.4, 0.5) is 0 Å². The highest BCUT2D eigenvalue weighted by atomic mass is 35.5. The highest BCUT2D eigenvalue weighted by molar-refractivity contribution is 7.88. The van der Waals surface area contributed by atoms with Crippen LogP contribution in [-0.4, -0.2) is 33.7 Å². The fraction of sp³-hybridized carbons (Fsp3) is 0.375. The molecule has 1 heterocycles. The Morgan fingerprint density at radius 3 is 2.69 bits per heavy atom. The Kier molecular flexibility index (Phi) is 4.34. The van der Waals surface area contributed by atoms with Crippen LogP contribution in [0.25, 0.3) is 0 Å². The first-order chi connectivity index (χ1) is 7.40. The smallest absolute Gasteiger partial charge is 0.256 e. The Morgan fingerprint density at radius 2 is 2.19 bits per heavy atom. The second-order valence-electron chi connectivity index (χ2n) is 3.03. The molecule has 0 unspecified atom stereocenters. The van der Waals surface area contributed by atoms with E-state index in [9.17, 15) is 13.2 Å². The first-order valence-electron chi connectivity index (χ1n) is 4.36. The molecule has 0 spiro atoms. The lowest BCUT2D eigenvalue weighted by Crippen LogP contribution is -2.34. The molecule has 0 saturated heterocycles. The van der Waals surface area contributed by atoms with Crippen LogP contribution in [0.3, 0.4) is 0 Å². The average molecular weight is 267 g/mol. The second kappa shape index (κ2) is 5.33. The van der Waals surface area contributed by atoms with Crippen molar-refractivity contribution >= 4 is 27.5 Å². The van der Waals surface area contributed by atoms with Gasteiger partial charge in [-0.2, -0.15) is 0 Å². The third kappa shape index (κ3) is 4.21. The van der Waals surface area contributed by atoms with Crippen molar-refractivity contribution in [2.45, 2.75) is 0 Å². The van der Waals surface area contributed by atoms with Crippen molar-refractivity contribution in [3.8, 4) is 0 Å². The summed E-state index contributed by atoms with van der Waals surface area (Å²) >= 11 is 5.58. The Labute approximate surface area is 98.0 Å². The third-order valence-corrected chi connectivity index (χ3v) is 2.66. The van der Waals surface area contributed by atoms with Crippen LogP contribution in [0, 0.1) is 0 Å². The van der Waals surface area contributed by atoms with Gasteiger partial charge in [-0.3, -0.25) is 4.79 Å². The van der Waals surface area contributed by atoms with E-state index in [1.165, 1.54) is 12.3 Å². The molecule has 90 valence electrons. The molecule has 0 aliphatic carbocycles. The third-order valence-electron chi connectivity index (χ3n) is 1.64. The standard InChI is InChI=1S/C8H11ClN2O4S/c1-16(13,14)11-4-3-10-8(12)6-2-5-15-7(6)9/h2,5,11H,3-4H2,1H3,(H,10,12). The maximum absolute atomic E-state index is 11.4. The lowest BCUT2D eigenvalue weighted by Gasteiger charge is -2.04. The van der Waals surface area contributed by atoms with Crippen molar-refractivity contribution in [1.29, 1.82) is 0 Å². The van der Waals surface area contributed by atoms with Gasteiger partial charge in [0.15, 0.2) is 0 Å². The number of amides is 1. The number of hydrogen-bond acceptors (Lipinski definition) is 4. The number of nitrogens with one attached hydrogen (secondary N) is 2. The zero-order valence-corrected chi connectivity index (χ0v) is 10.1. The molecule has 0 aliphatic heterocycles. The van der Waals surface area contributed by atoms with Gasteiger partial charge in [0.05, 0.1) is 18.1 Å². The van der Waals surface area contributed by atoms with Gasteiger partial charge in [0.1, 0.15) is 0 Å². The van der Waals surface area contributed by atoms with E-state index in [2.05, 4.69) is 10.0 Å². The predicted molar refractivity (Wildman–Crippen MR) is 58.9 cm³/mol. The fourth-order valence-corrected chi connectivity index (χ4v) is 1.64. The summed E-state index contributed by atoms with van der Waals surface area (Å²) in [4.78, 5) is 11.4. The summed E-state index contributed by atoms with van der Waals surface area (Å²) in [6.45, 7) is 0.299. The fourth-order valence-electron chi connectivity index (χ4n) is 0.963. The number of furan rings is 1. The van der Waals surface area contributed by atoms with E-state index in [4.69, 9.17) is 16.0 Å². The largest absolute Gasteiger partial charge is 0.452 e. The summed E-state index contributed by atoms with van der Waals surface area (Å²) in [5, 5.41) is 2.50. The maximum atomic E-state index is 11.4. The van der Waals surface area contributed by atoms with Crippen LogP contribution in [0.1, 0.15) is 10.4 Å². The van der Waals surface area contributed by atoms with E-state index in [-0.39, 0.29) is 23.9 Å². The average Bonchev–Trinajstić information content (AvgIpc) is 2.57. The van der Waals surface area contributed by atoms with Crippen LogP contribution in [0.15, 0.2) is 16.7 Å². The van der Waals surface area contributed by atoms with Crippen molar-refractivity contribution < 1.29 is 17.6 Å². The molecular formula is C8H11ClN2O4S. The monoisotopic (exact) mass is 266 g/mol. The highest BCUT2D eigenvalue weighted by Crippen LogP contribution is 2.15. The van der Waals surface area contributed by atoms with Gasteiger partial charge in [0.25, 0.3) is 5.91 Å². The Hall–Kier alpha value is -1.05. The number of carbonyl (C=O) groups is 1. The summed E-state index contributed by atoms with van der Waals surface area (Å²) in [6, 6.07) is 1.43. The van der Waals surface area contributed by atoms with Gasteiger partial charge < -0.3 is 9.73 Å². The van der Waals surface area contributed by atoms with Gasteiger partial charge >= 0.3 is 0 Å². The SMILES string of the molecule is CS(=O)(=O)NCCNC(=O)c1ccoc1Cl. The van der Waals surface area contributed by atoms with E-state index >= 15 is 0 Å². The van der Waals surface area contributed by atoms with Gasteiger partial charge in [0.2, 0.25) is 15.2 Å². The molecule has 0 bridgehead atoms. The molecule has 0 fully saturated rings. The molecule has 1 amide bonds. The van der Waals surface area contributed by atoms with Crippen molar-refractivity contribution in [2.24, 2.45) is 0 Å². The number of halogens is 1. The zero-order valence-electron chi connectivity index (χ0n) is 8.49. The number of rotatable bonds is 5. The van der Waals surface area contributed by atoms with Gasteiger partial charge in [-0.25, -0.2) is 13.1 Å². The van der Waals surface area contributed by atoms with Gasteiger partial charge in [-0.1, -0.05) is 0 Å². The number of hydrogen-bond donors (Lipinski definition) is 2. The van der Waals surface area contributed by atoms with E-state index in [1.807, 2.05) is 0 Å². The second-order valence-corrected chi connectivity index (χ2v) is 5.21. The summed E-state index contributed by atoms with van der Waals surface area (Å²) in [5.74, 6) is -0.408. The molecule has 0 atom stereocenters. The van der Waals surface area contributed by atoms with E-state index in [0.717, 1.165) is 6.26 Å². The molecule has 16 heavy (non-hydrogen) atoms. The summed E-state index contributed by atoms with van der Waals surface area (Å²) in [7, 11) is -3.23. The molecule has 8 heteroatoms. The summed E-state index contributed by atoms with van der Waals surface area (Å²) in [5.41, 5.74) is 0.223. The minimum Gasteiger partial charge on any atom is -0.452 e. The molecule has 1 aromatic rings. The Balaban J connectivity index is 2.35. The highest BCUT2D eigenvalue weighted by Gasteiger charge is 2.12. The van der Waals surface area contributed by atoms with Gasteiger partial charge in [-0.05, 0) is 17.7 Å². The van der Waals surface area contributed by atoms with Gasteiger partial charge in [-0.15, -0.1) is 0 Å². The molecule has 1 rings (SSSR count). The van der Waals surface area contributed by atoms with E-state index in [1.54, 1.807) is 0 Å². The predicted octanol–water partition coefficient (Wildman–Crippen LogP) is 0.212. The summed E-state index contributed by atoms with van der Waals surface area (Å²) < 4.78 is 28.4. The topological polar surface area (TPSA) is 88.4 Å². The van der Waals surface area contributed by atoms with Crippen LogP contribution in [0.2, 0.25) is 5.22 Å². The lowest BCUT2D eigenvalue weighted by molar-refractivity contribution is 0.0954. The molecular weight excluding hydrogens is 256 g/mol. The molecule has 0 aliphatic rings. The first-order valence-corrected chi connectivity index (χ1v) is 6.63. The first kappa shape index (κ1) is 13.0. The minimum absolute atomic E-state index is 0.00794. The van der Waals surface area contributed by atoms with Crippen molar-refractivity contribution in [3.63, 3.8) is 0 Å². The van der Waals surface area contributed by atoms with Crippen LogP contribution < -0.4 is 10.0 Å². The van der Waals surface area contributed by atoms with Crippen LogP contribution in [-0.2, 0) is 10.0 Å². The molecule has 1 aromatic heterocycles. The normalized spacial score (nSPS) is 11.4. The number of sulfonamides is 1. The molecule has 6 nitrogen and oxygen atoms in total. The molecule has 0 radical (unpaired) electrons. The maximum Gasteiger partial charge on any atom is 0.256 e. The van der Waals surface area contributed by atoms with Crippen LogP contribution >= 0.6 is 11.6 Å². The number of carbonyl (C=O) groups excluding carboxylic acids is 1. The summed E-state index contributed by atoms with van der Waals surface area (Å²) in [6.07, 6.45) is 2.34. The molecule has 0 aromatic carbocycles. The Bertz CT molecular complexity index is 468. The quantitative estimate of drug-likeness (QED) is 0.746. The Morgan fingerprint density at radius 1 is 1.50 bits per heavy atom. The zero-order chi connectivity index (χ0) is 12.2. The molecule has 2 N–H and O–H groups in total. The van der Waals surface area contributed by atoms with Crippen molar-refractivity contribution in [3.05, 3.63) is 23.1 Å². The van der Waals surface area contributed by atoms with E-state index < -0.39 is 15.9 Å². The van der Waals surface area contributed by atoms with Crippen molar-refractivity contribution in [2.75, 3.05) is 19.3 Å². The minimum atomic E-state index is -3.23. The lowest BCUT2D eigenvalue weighted by atomic mass is 10.3. The van der Waals surface area contributed by atoms with Crippen molar-refractivity contribution in [1.82, 2.24) is 10.0 Å². The van der Waals surface area contributed by atoms with Gasteiger partial charge in [0, 0.05) is 13.1 Å². The van der Waals surface area contributed by atoms with Crippen LogP contribution in [0.5, 0.6) is 0 Å². The molecule has 0 saturated carbocycles.